The Morgan fingerprint density at radius 2 is 1.58 bits per heavy atom. The van der Waals surface area contributed by atoms with Crippen molar-refractivity contribution in [2.24, 2.45) is 0 Å². The average molecular weight is 405 g/mol. The van der Waals surface area contributed by atoms with Gasteiger partial charge in [-0.25, -0.2) is 0 Å². The fourth-order valence-corrected chi connectivity index (χ4v) is 3.63. The van der Waals surface area contributed by atoms with Crippen LogP contribution in [0, 0.1) is 24.3 Å². The number of benzene rings is 2. The van der Waals surface area contributed by atoms with Crippen LogP contribution < -0.4 is 0 Å². The molecule has 0 spiro atoms. The van der Waals surface area contributed by atoms with Gasteiger partial charge in [-0.15, -0.1) is 11.6 Å². The first-order chi connectivity index (χ1) is 8.91. The highest BCUT2D eigenvalue weighted by molar-refractivity contribution is 14.1. The molecule has 0 amide bonds. The molecule has 19 heavy (non-hydrogen) atoms. The minimum absolute atomic E-state index is 0.210. The molecule has 0 bridgehead atoms. The number of hydrogen-bond donors (Lipinski definition) is 0. The fraction of sp³-hybridized carbons (Fsp3) is 0.250. The Morgan fingerprint density at radius 3 is 2.26 bits per heavy atom. The van der Waals surface area contributed by atoms with Gasteiger partial charge in [-0.1, -0.05) is 35.9 Å². The zero-order chi connectivity index (χ0) is 14.2. The molecule has 2 rings (SSSR count). The Labute approximate surface area is 138 Å². The van der Waals surface area contributed by atoms with E-state index >= 15 is 0 Å². The van der Waals surface area contributed by atoms with Gasteiger partial charge in [0.25, 0.3) is 0 Å². The zero-order valence-electron chi connectivity index (χ0n) is 11.1. The van der Waals surface area contributed by atoms with E-state index in [1.807, 2.05) is 12.1 Å². The Hall–Kier alpha value is -0.250. The van der Waals surface area contributed by atoms with Crippen LogP contribution in [0.3, 0.4) is 0 Å². The summed E-state index contributed by atoms with van der Waals surface area (Å²) in [4.78, 5) is 0. The summed E-state index contributed by atoms with van der Waals surface area (Å²) in [6.07, 6.45) is 0. The van der Waals surface area contributed by atoms with Gasteiger partial charge in [-0.3, -0.25) is 0 Å². The number of halogens is 3. The van der Waals surface area contributed by atoms with E-state index < -0.39 is 0 Å². The van der Waals surface area contributed by atoms with Gasteiger partial charge < -0.3 is 0 Å². The molecule has 0 aliphatic rings. The Balaban J connectivity index is 2.53. The highest BCUT2D eigenvalue weighted by Crippen LogP contribution is 2.37. The summed E-state index contributed by atoms with van der Waals surface area (Å²) in [7, 11) is 0. The van der Waals surface area contributed by atoms with Crippen molar-refractivity contribution in [1.82, 2.24) is 0 Å². The largest absolute Gasteiger partial charge is 0.112 e. The van der Waals surface area contributed by atoms with Gasteiger partial charge >= 0.3 is 0 Å². The zero-order valence-corrected chi connectivity index (χ0v) is 14.8. The molecule has 0 saturated heterocycles. The molecule has 0 heterocycles. The van der Waals surface area contributed by atoms with Gasteiger partial charge in [0.1, 0.15) is 0 Å². The summed E-state index contributed by atoms with van der Waals surface area (Å²) in [5.74, 6) is 0. The van der Waals surface area contributed by atoms with Gasteiger partial charge in [0, 0.05) is 8.59 Å². The summed E-state index contributed by atoms with van der Waals surface area (Å²) in [5, 5.41) is 0.527. The van der Waals surface area contributed by atoms with Crippen LogP contribution >= 0.6 is 45.8 Å². The second-order valence-corrected chi connectivity index (χ2v) is 6.72. The van der Waals surface area contributed by atoms with E-state index in [0.717, 1.165) is 16.1 Å². The Bertz CT molecular complexity index is 620. The van der Waals surface area contributed by atoms with Crippen molar-refractivity contribution in [3.8, 4) is 0 Å². The van der Waals surface area contributed by atoms with Crippen LogP contribution in [0.25, 0.3) is 0 Å². The van der Waals surface area contributed by atoms with Gasteiger partial charge in [0.05, 0.1) is 5.38 Å². The van der Waals surface area contributed by atoms with E-state index in [4.69, 9.17) is 23.2 Å². The second-order valence-electron chi connectivity index (χ2n) is 4.80. The van der Waals surface area contributed by atoms with Crippen LogP contribution in [-0.2, 0) is 0 Å². The van der Waals surface area contributed by atoms with Crippen molar-refractivity contribution < 1.29 is 0 Å². The Kier molecular flexibility index (Phi) is 4.80. The fourth-order valence-electron chi connectivity index (χ4n) is 2.03. The number of alkyl halides is 1. The smallest absolute Gasteiger partial charge is 0.0860 e. The van der Waals surface area contributed by atoms with Crippen LogP contribution in [0.5, 0.6) is 0 Å². The van der Waals surface area contributed by atoms with Gasteiger partial charge in [0.15, 0.2) is 0 Å². The maximum absolute atomic E-state index is 6.65. The lowest BCUT2D eigenvalue weighted by molar-refractivity contribution is 1.10. The molecule has 0 aliphatic heterocycles. The van der Waals surface area contributed by atoms with Gasteiger partial charge in [-0.05, 0) is 77.2 Å². The quantitative estimate of drug-likeness (QED) is 0.413. The summed E-state index contributed by atoms with van der Waals surface area (Å²) in [5.41, 5.74) is 5.75. The SMILES string of the molecule is Cc1cc(Cl)c(C(Cl)c2cccc(C)c2I)cc1C. The summed E-state index contributed by atoms with van der Waals surface area (Å²) in [6.45, 7) is 6.24. The molecule has 100 valence electrons. The minimum atomic E-state index is -0.210. The van der Waals surface area contributed by atoms with Crippen molar-refractivity contribution in [3.63, 3.8) is 0 Å². The molecule has 2 aromatic carbocycles. The van der Waals surface area contributed by atoms with Gasteiger partial charge in [0.2, 0.25) is 0 Å². The van der Waals surface area contributed by atoms with Crippen LogP contribution in [0.1, 0.15) is 33.2 Å². The second kappa shape index (κ2) is 6.02. The molecule has 1 unspecified atom stereocenters. The van der Waals surface area contributed by atoms with Crippen molar-refractivity contribution in [2.75, 3.05) is 0 Å². The normalized spacial score (nSPS) is 12.5. The maximum atomic E-state index is 6.65. The topological polar surface area (TPSA) is 0 Å². The number of hydrogen-bond acceptors (Lipinski definition) is 0. The average Bonchev–Trinajstić information content (AvgIpc) is 2.36. The lowest BCUT2D eigenvalue weighted by atomic mass is 9.99. The first kappa shape index (κ1) is 15.1. The van der Waals surface area contributed by atoms with Crippen LogP contribution in [0.2, 0.25) is 5.02 Å². The first-order valence-electron chi connectivity index (χ1n) is 6.07. The summed E-state index contributed by atoms with van der Waals surface area (Å²) >= 11 is 15.3. The van der Waals surface area contributed by atoms with Crippen LogP contribution in [0.15, 0.2) is 30.3 Å². The third kappa shape index (κ3) is 3.09. The molecule has 2 aromatic rings. The van der Waals surface area contributed by atoms with Crippen molar-refractivity contribution in [1.29, 1.82) is 0 Å². The molecule has 0 saturated carbocycles. The molecule has 1 atom stereocenters. The Morgan fingerprint density at radius 1 is 0.947 bits per heavy atom. The lowest BCUT2D eigenvalue weighted by Crippen LogP contribution is -2.00. The van der Waals surface area contributed by atoms with E-state index in [1.165, 1.54) is 20.3 Å². The molecular weight excluding hydrogens is 390 g/mol. The molecule has 0 aromatic heterocycles. The predicted molar refractivity (Wildman–Crippen MR) is 92.5 cm³/mol. The number of aryl methyl sites for hydroxylation is 3. The molecule has 0 radical (unpaired) electrons. The molecule has 3 heteroatoms. The van der Waals surface area contributed by atoms with Crippen molar-refractivity contribution >= 4 is 45.8 Å². The standard InChI is InChI=1S/C16H15Cl2I/c1-9-5-4-6-12(16(9)19)15(18)13-7-10(2)11(3)8-14(13)17/h4-8,15H,1-3H3. The van der Waals surface area contributed by atoms with Crippen molar-refractivity contribution in [2.45, 2.75) is 26.1 Å². The monoisotopic (exact) mass is 404 g/mol. The predicted octanol–water partition coefficient (Wildman–Crippen LogP) is 6.20. The first-order valence-corrected chi connectivity index (χ1v) is 7.97. The molecule has 0 aliphatic carbocycles. The van der Waals surface area contributed by atoms with E-state index in [2.05, 4.69) is 61.6 Å². The lowest BCUT2D eigenvalue weighted by Gasteiger charge is -2.17. The van der Waals surface area contributed by atoms with E-state index in [9.17, 15) is 0 Å². The van der Waals surface area contributed by atoms with E-state index in [0.29, 0.717) is 0 Å². The molecular formula is C16H15Cl2I. The van der Waals surface area contributed by atoms with Crippen molar-refractivity contribution in [3.05, 3.63) is 66.7 Å². The highest BCUT2D eigenvalue weighted by atomic mass is 127. The van der Waals surface area contributed by atoms with Gasteiger partial charge in [-0.2, -0.15) is 0 Å². The molecule has 0 fully saturated rings. The molecule has 0 nitrogen and oxygen atoms in total. The third-order valence-electron chi connectivity index (χ3n) is 3.38. The summed E-state index contributed by atoms with van der Waals surface area (Å²) in [6, 6.07) is 10.3. The highest BCUT2D eigenvalue weighted by Gasteiger charge is 2.18. The number of rotatable bonds is 2. The summed E-state index contributed by atoms with van der Waals surface area (Å²) < 4.78 is 1.20. The van der Waals surface area contributed by atoms with Crippen LogP contribution in [0.4, 0.5) is 0 Å². The molecule has 0 N–H and O–H groups in total. The third-order valence-corrected chi connectivity index (χ3v) is 5.65. The van der Waals surface area contributed by atoms with E-state index in [-0.39, 0.29) is 5.38 Å². The maximum Gasteiger partial charge on any atom is 0.0860 e. The van der Waals surface area contributed by atoms with E-state index in [1.54, 1.807) is 0 Å². The minimum Gasteiger partial charge on any atom is -0.112 e. The van der Waals surface area contributed by atoms with Crippen LogP contribution in [-0.4, -0.2) is 0 Å².